The molecule has 3 heteroatoms. The standard InChI is InChI=1S/C20H34O3/c1-5-6-7-8-9-10-11-12-15-18-16-13-14-17-19(18)20(21-2,22-3)23-4/h13-14,16-17H,5-12,15H2,1-4H3. The van der Waals surface area contributed by atoms with Crippen molar-refractivity contribution in [3.63, 3.8) is 0 Å². The summed E-state index contributed by atoms with van der Waals surface area (Å²) in [4.78, 5) is 0. The monoisotopic (exact) mass is 322 g/mol. The molecule has 3 nitrogen and oxygen atoms in total. The number of rotatable bonds is 13. The smallest absolute Gasteiger partial charge is 0.311 e. The molecule has 0 aliphatic rings. The zero-order valence-corrected chi connectivity index (χ0v) is 15.4. The Hall–Kier alpha value is -0.900. The van der Waals surface area contributed by atoms with Crippen molar-refractivity contribution in [2.45, 2.75) is 70.7 Å². The first-order valence-electron chi connectivity index (χ1n) is 8.98. The Morgan fingerprint density at radius 3 is 1.83 bits per heavy atom. The maximum atomic E-state index is 5.50. The molecule has 0 bridgehead atoms. The summed E-state index contributed by atoms with van der Waals surface area (Å²) < 4.78 is 16.5. The summed E-state index contributed by atoms with van der Waals surface area (Å²) in [6, 6.07) is 8.23. The molecule has 1 aromatic carbocycles. The van der Waals surface area contributed by atoms with Gasteiger partial charge in [-0.3, -0.25) is 0 Å². The summed E-state index contributed by atoms with van der Waals surface area (Å²) in [5, 5.41) is 0. The first-order chi connectivity index (χ1) is 11.2. The fourth-order valence-electron chi connectivity index (χ4n) is 3.07. The molecule has 0 aromatic heterocycles. The van der Waals surface area contributed by atoms with Crippen molar-refractivity contribution in [1.82, 2.24) is 0 Å². The Kier molecular flexibility index (Phi) is 10.2. The minimum atomic E-state index is -1.10. The second-order valence-corrected chi connectivity index (χ2v) is 6.05. The van der Waals surface area contributed by atoms with E-state index in [0.717, 1.165) is 12.0 Å². The number of aryl methyl sites for hydroxylation is 1. The quantitative estimate of drug-likeness (QED) is 0.358. The Labute approximate surface area is 142 Å². The van der Waals surface area contributed by atoms with E-state index in [1.54, 1.807) is 21.3 Å². The first-order valence-corrected chi connectivity index (χ1v) is 8.98. The van der Waals surface area contributed by atoms with Crippen LogP contribution < -0.4 is 0 Å². The van der Waals surface area contributed by atoms with Crippen LogP contribution >= 0.6 is 0 Å². The van der Waals surface area contributed by atoms with E-state index in [0.29, 0.717) is 0 Å². The topological polar surface area (TPSA) is 27.7 Å². The molecule has 0 fully saturated rings. The Morgan fingerprint density at radius 2 is 1.26 bits per heavy atom. The average Bonchev–Trinajstić information content (AvgIpc) is 2.60. The highest BCUT2D eigenvalue weighted by atomic mass is 16.9. The molecule has 0 aliphatic heterocycles. The third-order valence-electron chi connectivity index (χ3n) is 4.45. The van der Waals surface area contributed by atoms with E-state index in [9.17, 15) is 0 Å². The highest BCUT2D eigenvalue weighted by molar-refractivity contribution is 5.30. The zero-order chi connectivity index (χ0) is 17.0. The highest BCUT2D eigenvalue weighted by Gasteiger charge is 2.34. The van der Waals surface area contributed by atoms with Crippen molar-refractivity contribution in [2.24, 2.45) is 0 Å². The summed E-state index contributed by atoms with van der Waals surface area (Å²) in [5.41, 5.74) is 2.21. The molecule has 0 saturated carbocycles. The van der Waals surface area contributed by atoms with Crippen LogP contribution in [0.1, 0.15) is 69.4 Å². The van der Waals surface area contributed by atoms with Gasteiger partial charge in [-0.1, -0.05) is 76.1 Å². The molecule has 0 aliphatic carbocycles. The molecule has 0 heterocycles. The first kappa shape index (κ1) is 20.1. The zero-order valence-electron chi connectivity index (χ0n) is 15.4. The predicted octanol–water partition coefficient (Wildman–Crippen LogP) is 5.42. The average molecular weight is 322 g/mol. The Morgan fingerprint density at radius 1 is 0.739 bits per heavy atom. The summed E-state index contributed by atoms with van der Waals surface area (Å²) in [7, 11) is 4.83. The molecule has 0 radical (unpaired) electrons. The van der Waals surface area contributed by atoms with Gasteiger partial charge in [0.15, 0.2) is 0 Å². The van der Waals surface area contributed by atoms with E-state index in [1.165, 1.54) is 56.9 Å². The van der Waals surface area contributed by atoms with Crippen molar-refractivity contribution in [3.05, 3.63) is 35.4 Å². The summed E-state index contributed by atoms with van der Waals surface area (Å²) >= 11 is 0. The lowest BCUT2D eigenvalue weighted by molar-refractivity contribution is -0.364. The third-order valence-corrected chi connectivity index (χ3v) is 4.45. The fourth-order valence-corrected chi connectivity index (χ4v) is 3.07. The maximum Gasteiger partial charge on any atom is 0.311 e. The molecule has 0 saturated heterocycles. The van der Waals surface area contributed by atoms with Gasteiger partial charge in [-0.05, 0) is 18.4 Å². The molecule has 132 valence electrons. The van der Waals surface area contributed by atoms with E-state index >= 15 is 0 Å². The van der Waals surface area contributed by atoms with Crippen LogP contribution in [0.2, 0.25) is 0 Å². The lowest BCUT2D eigenvalue weighted by Gasteiger charge is -2.30. The van der Waals surface area contributed by atoms with Gasteiger partial charge in [0.1, 0.15) is 0 Å². The number of benzene rings is 1. The number of hydrogen-bond donors (Lipinski definition) is 0. The van der Waals surface area contributed by atoms with Gasteiger partial charge in [0.2, 0.25) is 0 Å². The number of ether oxygens (including phenoxy) is 3. The van der Waals surface area contributed by atoms with Crippen LogP contribution in [0.3, 0.4) is 0 Å². The molecular weight excluding hydrogens is 288 g/mol. The maximum absolute atomic E-state index is 5.50. The molecule has 1 aromatic rings. The summed E-state index contributed by atoms with van der Waals surface area (Å²) in [6.45, 7) is 2.26. The van der Waals surface area contributed by atoms with Crippen molar-refractivity contribution in [3.8, 4) is 0 Å². The largest absolute Gasteiger partial charge is 0.327 e. The Balaban J connectivity index is 2.48. The number of unbranched alkanes of at least 4 members (excludes halogenated alkanes) is 7. The van der Waals surface area contributed by atoms with Crippen LogP contribution in [0.15, 0.2) is 24.3 Å². The van der Waals surface area contributed by atoms with E-state index in [4.69, 9.17) is 14.2 Å². The van der Waals surface area contributed by atoms with Gasteiger partial charge < -0.3 is 14.2 Å². The molecule has 0 unspecified atom stereocenters. The van der Waals surface area contributed by atoms with Gasteiger partial charge in [-0.15, -0.1) is 0 Å². The SMILES string of the molecule is CCCCCCCCCCc1ccccc1C(OC)(OC)OC. The van der Waals surface area contributed by atoms with Crippen LogP contribution in [0.4, 0.5) is 0 Å². The Bertz CT molecular complexity index is 405. The molecule has 0 amide bonds. The van der Waals surface area contributed by atoms with Crippen molar-refractivity contribution in [1.29, 1.82) is 0 Å². The van der Waals surface area contributed by atoms with Crippen molar-refractivity contribution < 1.29 is 14.2 Å². The van der Waals surface area contributed by atoms with Gasteiger partial charge in [-0.2, -0.15) is 0 Å². The number of methoxy groups -OCH3 is 3. The predicted molar refractivity (Wildman–Crippen MR) is 95.5 cm³/mol. The van der Waals surface area contributed by atoms with Crippen molar-refractivity contribution in [2.75, 3.05) is 21.3 Å². The second-order valence-electron chi connectivity index (χ2n) is 6.05. The van der Waals surface area contributed by atoms with Crippen molar-refractivity contribution >= 4 is 0 Å². The van der Waals surface area contributed by atoms with Crippen LogP contribution in [-0.2, 0) is 26.6 Å². The number of hydrogen-bond acceptors (Lipinski definition) is 3. The second kappa shape index (κ2) is 11.6. The summed E-state index contributed by atoms with van der Waals surface area (Å²) in [6.07, 6.45) is 11.6. The van der Waals surface area contributed by atoms with Gasteiger partial charge in [0.05, 0.1) is 0 Å². The molecule has 0 spiro atoms. The lowest BCUT2D eigenvalue weighted by atomic mass is 9.98. The van der Waals surface area contributed by atoms with Crippen LogP contribution in [0.5, 0.6) is 0 Å². The minimum absolute atomic E-state index is 0.968. The van der Waals surface area contributed by atoms with Crippen LogP contribution in [-0.4, -0.2) is 21.3 Å². The third kappa shape index (κ3) is 6.25. The molecule has 23 heavy (non-hydrogen) atoms. The summed E-state index contributed by atoms with van der Waals surface area (Å²) in [5.74, 6) is -1.10. The van der Waals surface area contributed by atoms with Crippen LogP contribution in [0.25, 0.3) is 0 Å². The van der Waals surface area contributed by atoms with E-state index < -0.39 is 5.97 Å². The van der Waals surface area contributed by atoms with E-state index in [2.05, 4.69) is 19.1 Å². The molecule has 0 atom stereocenters. The van der Waals surface area contributed by atoms with E-state index in [-0.39, 0.29) is 0 Å². The van der Waals surface area contributed by atoms with Gasteiger partial charge in [0.25, 0.3) is 0 Å². The highest BCUT2D eigenvalue weighted by Crippen LogP contribution is 2.30. The minimum Gasteiger partial charge on any atom is -0.327 e. The molecular formula is C20H34O3. The van der Waals surface area contributed by atoms with Gasteiger partial charge in [0, 0.05) is 26.9 Å². The van der Waals surface area contributed by atoms with Gasteiger partial charge in [-0.25, -0.2) is 0 Å². The molecule has 0 N–H and O–H groups in total. The normalized spacial score (nSPS) is 11.8. The fraction of sp³-hybridized carbons (Fsp3) is 0.700. The lowest BCUT2D eigenvalue weighted by Crippen LogP contribution is -2.34. The van der Waals surface area contributed by atoms with E-state index in [1.807, 2.05) is 12.1 Å². The molecule has 1 rings (SSSR count). The van der Waals surface area contributed by atoms with Gasteiger partial charge >= 0.3 is 5.97 Å². The van der Waals surface area contributed by atoms with Crippen LogP contribution in [0, 0.1) is 0 Å².